The predicted octanol–water partition coefficient (Wildman–Crippen LogP) is 0.687. The quantitative estimate of drug-likeness (QED) is 0.536. The third kappa shape index (κ3) is 3.81. The molecule has 0 aromatic rings. The Hall–Kier alpha value is -0.370. The SMILES string of the molecule is CCNC/C(C)=N\C. The smallest absolute Gasteiger partial charge is 0.0332 e. The lowest BCUT2D eigenvalue weighted by Crippen LogP contribution is -2.20. The van der Waals surface area contributed by atoms with Crippen LogP contribution >= 0.6 is 0 Å². The topological polar surface area (TPSA) is 24.4 Å². The number of rotatable bonds is 3. The average Bonchev–Trinajstić information content (AvgIpc) is 1.83. The molecular weight excluding hydrogens is 100 g/mol. The van der Waals surface area contributed by atoms with Crippen molar-refractivity contribution in [1.29, 1.82) is 0 Å². The molecule has 2 nitrogen and oxygen atoms in total. The second-order valence-electron chi connectivity index (χ2n) is 1.74. The molecule has 0 aliphatic carbocycles. The Morgan fingerprint density at radius 1 is 1.62 bits per heavy atom. The van der Waals surface area contributed by atoms with Gasteiger partial charge in [0.1, 0.15) is 0 Å². The van der Waals surface area contributed by atoms with Crippen LogP contribution in [0.3, 0.4) is 0 Å². The van der Waals surface area contributed by atoms with Crippen LogP contribution in [0.1, 0.15) is 13.8 Å². The predicted molar refractivity (Wildman–Crippen MR) is 37.6 cm³/mol. The van der Waals surface area contributed by atoms with Crippen molar-refractivity contribution in [2.45, 2.75) is 13.8 Å². The molecule has 0 amide bonds. The van der Waals surface area contributed by atoms with Gasteiger partial charge in [-0.25, -0.2) is 0 Å². The summed E-state index contributed by atoms with van der Waals surface area (Å²) in [6, 6.07) is 0. The Kier molecular flexibility index (Phi) is 4.56. The summed E-state index contributed by atoms with van der Waals surface area (Å²) in [4.78, 5) is 3.98. The van der Waals surface area contributed by atoms with E-state index in [1.165, 1.54) is 0 Å². The molecule has 0 heterocycles. The van der Waals surface area contributed by atoms with Gasteiger partial charge in [-0.2, -0.15) is 0 Å². The number of hydrogen-bond donors (Lipinski definition) is 1. The first kappa shape index (κ1) is 7.63. The third-order valence-electron chi connectivity index (χ3n) is 1.01. The summed E-state index contributed by atoms with van der Waals surface area (Å²) >= 11 is 0. The summed E-state index contributed by atoms with van der Waals surface area (Å²) < 4.78 is 0. The lowest BCUT2D eigenvalue weighted by Gasteiger charge is -1.97. The van der Waals surface area contributed by atoms with E-state index in [2.05, 4.69) is 17.2 Å². The van der Waals surface area contributed by atoms with Crippen molar-refractivity contribution in [3.05, 3.63) is 0 Å². The molecule has 8 heavy (non-hydrogen) atoms. The molecule has 48 valence electrons. The van der Waals surface area contributed by atoms with Crippen LogP contribution in [0.2, 0.25) is 0 Å². The fourth-order valence-electron chi connectivity index (χ4n) is 0.385. The molecule has 0 aliphatic rings. The zero-order valence-corrected chi connectivity index (χ0v) is 5.86. The van der Waals surface area contributed by atoms with Crippen LogP contribution < -0.4 is 5.32 Å². The molecule has 0 aliphatic heterocycles. The van der Waals surface area contributed by atoms with E-state index >= 15 is 0 Å². The largest absolute Gasteiger partial charge is 0.312 e. The summed E-state index contributed by atoms with van der Waals surface area (Å²) in [5.74, 6) is 0. The highest BCUT2D eigenvalue weighted by Gasteiger charge is 1.83. The summed E-state index contributed by atoms with van der Waals surface area (Å²) in [5.41, 5.74) is 1.16. The van der Waals surface area contributed by atoms with Gasteiger partial charge in [0, 0.05) is 19.3 Å². The van der Waals surface area contributed by atoms with Crippen LogP contribution in [0.25, 0.3) is 0 Å². The first-order chi connectivity index (χ1) is 3.81. The molecule has 0 fully saturated rings. The van der Waals surface area contributed by atoms with Gasteiger partial charge in [0.2, 0.25) is 0 Å². The maximum absolute atomic E-state index is 3.98. The molecule has 0 unspecified atom stereocenters. The first-order valence-corrected chi connectivity index (χ1v) is 2.94. The van der Waals surface area contributed by atoms with Gasteiger partial charge >= 0.3 is 0 Å². The monoisotopic (exact) mass is 114 g/mol. The van der Waals surface area contributed by atoms with E-state index in [4.69, 9.17) is 0 Å². The lowest BCUT2D eigenvalue weighted by molar-refractivity contribution is 0.815. The molecule has 0 radical (unpaired) electrons. The Labute approximate surface area is 51.0 Å². The highest BCUT2D eigenvalue weighted by molar-refractivity contribution is 5.83. The van der Waals surface area contributed by atoms with Crippen molar-refractivity contribution in [3.8, 4) is 0 Å². The zero-order chi connectivity index (χ0) is 6.41. The Morgan fingerprint density at radius 3 is 2.62 bits per heavy atom. The van der Waals surface area contributed by atoms with Gasteiger partial charge in [0.15, 0.2) is 0 Å². The fourth-order valence-corrected chi connectivity index (χ4v) is 0.385. The average molecular weight is 114 g/mol. The zero-order valence-electron chi connectivity index (χ0n) is 5.86. The summed E-state index contributed by atoms with van der Waals surface area (Å²) in [6.45, 7) is 6.05. The maximum atomic E-state index is 3.98. The summed E-state index contributed by atoms with van der Waals surface area (Å²) in [6.07, 6.45) is 0. The van der Waals surface area contributed by atoms with E-state index in [1.54, 1.807) is 0 Å². The number of nitrogens with one attached hydrogen (secondary N) is 1. The van der Waals surface area contributed by atoms with Crippen molar-refractivity contribution in [2.75, 3.05) is 20.1 Å². The van der Waals surface area contributed by atoms with E-state index in [9.17, 15) is 0 Å². The second-order valence-corrected chi connectivity index (χ2v) is 1.74. The van der Waals surface area contributed by atoms with Crippen LogP contribution in [-0.4, -0.2) is 25.8 Å². The van der Waals surface area contributed by atoms with E-state index in [1.807, 2.05) is 14.0 Å². The van der Waals surface area contributed by atoms with Crippen LogP contribution in [0.15, 0.2) is 4.99 Å². The maximum Gasteiger partial charge on any atom is 0.0332 e. The summed E-state index contributed by atoms with van der Waals surface area (Å²) in [5, 5.41) is 3.17. The minimum absolute atomic E-state index is 0.924. The molecule has 0 bridgehead atoms. The van der Waals surface area contributed by atoms with Crippen molar-refractivity contribution >= 4 is 5.71 Å². The van der Waals surface area contributed by atoms with Crippen LogP contribution in [-0.2, 0) is 0 Å². The molecule has 0 aromatic carbocycles. The van der Waals surface area contributed by atoms with Gasteiger partial charge in [0.05, 0.1) is 0 Å². The lowest BCUT2D eigenvalue weighted by atomic mass is 10.4. The van der Waals surface area contributed by atoms with E-state index in [0.717, 1.165) is 18.8 Å². The van der Waals surface area contributed by atoms with Crippen molar-refractivity contribution in [1.82, 2.24) is 5.32 Å². The summed E-state index contributed by atoms with van der Waals surface area (Å²) in [7, 11) is 1.81. The number of aliphatic imine (C=N–C) groups is 1. The van der Waals surface area contributed by atoms with E-state index < -0.39 is 0 Å². The van der Waals surface area contributed by atoms with Gasteiger partial charge in [0.25, 0.3) is 0 Å². The number of hydrogen-bond acceptors (Lipinski definition) is 2. The molecule has 0 saturated carbocycles. The van der Waals surface area contributed by atoms with Crippen LogP contribution in [0, 0.1) is 0 Å². The van der Waals surface area contributed by atoms with Crippen LogP contribution in [0.5, 0.6) is 0 Å². The molecule has 0 rings (SSSR count). The van der Waals surface area contributed by atoms with E-state index in [-0.39, 0.29) is 0 Å². The molecule has 0 spiro atoms. The Morgan fingerprint density at radius 2 is 2.25 bits per heavy atom. The fraction of sp³-hybridized carbons (Fsp3) is 0.833. The highest BCUT2D eigenvalue weighted by Crippen LogP contribution is 1.69. The minimum Gasteiger partial charge on any atom is -0.312 e. The molecule has 0 aromatic heterocycles. The molecule has 0 saturated heterocycles. The van der Waals surface area contributed by atoms with Gasteiger partial charge < -0.3 is 5.32 Å². The molecule has 1 N–H and O–H groups in total. The van der Waals surface area contributed by atoms with Gasteiger partial charge in [-0.3, -0.25) is 4.99 Å². The van der Waals surface area contributed by atoms with E-state index in [0.29, 0.717) is 0 Å². The van der Waals surface area contributed by atoms with Crippen molar-refractivity contribution < 1.29 is 0 Å². The van der Waals surface area contributed by atoms with Crippen LogP contribution in [0.4, 0.5) is 0 Å². The Bertz CT molecular complexity index is 76.6. The van der Waals surface area contributed by atoms with Gasteiger partial charge in [-0.15, -0.1) is 0 Å². The molecule has 2 heteroatoms. The first-order valence-electron chi connectivity index (χ1n) is 2.94. The van der Waals surface area contributed by atoms with Crippen molar-refractivity contribution in [3.63, 3.8) is 0 Å². The van der Waals surface area contributed by atoms with Gasteiger partial charge in [-0.05, 0) is 13.5 Å². The normalized spacial score (nSPS) is 12.1. The Balaban J connectivity index is 3.12. The third-order valence-corrected chi connectivity index (χ3v) is 1.01. The van der Waals surface area contributed by atoms with Gasteiger partial charge in [-0.1, -0.05) is 6.92 Å². The highest BCUT2D eigenvalue weighted by atomic mass is 14.9. The minimum atomic E-state index is 0.924. The number of nitrogens with zero attached hydrogens (tertiary/aromatic N) is 1. The standard InChI is InChI=1S/C6H14N2/c1-4-8-5-6(2)7-3/h8H,4-5H2,1-3H3/b7-6-. The molecular formula is C6H14N2. The molecule has 0 atom stereocenters. The second kappa shape index (κ2) is 4.78. The van der Waals surface area contributed by atoms with Crippen molar-refractivity contribution in [2.24, 2.45) is 4.99 Å².